The summed E-state index contributed by atoms with van der Waals surface area (Å²) < 4.78 is 57.7. The second-order valence-electron chi connectivity index (χ2n) is 8.80. The van der Waals surface area contributed by atoms with Crippen molar-refractivity contribution < 1.29 is 27.1 Å². The van der Waals surface area contributed by atoms with Crippen LogP contribution in [-0.2, 0) is 16.6 Å². The summed E-state index contributed by atoms with van der Waals surface area (Å²) in [6, 6.07) is 4.03. The van der Waals surface area contributed by atoms with Gasteiger partial charge in [-0.25, -0.2) is 26.6 Å². The van der Waals surface area contributed by atoms with Gasteiger partial charge in [0.1, 0.15) is 10.6 Å². The number of nitrogens with zero attached hydrogens (tertiary/aromatic N) is 4. The molecule has 0 fully saturated rings. The van der Waals surface area contributed by atoms with E-state index in [0.29, 0.717) is 9.54 Å². The van der Waals surface area contributed by atoms with Gasteiger partial charge in [0.05, 0.1) is 12.1 Å². The van der Waals surface area contributed by atoms with E-state index in [1.165, 1.54) is 24.4 Å². The largest absolute Gasteiger partial charge is 0.465 e. The highest BCUT2D eigenvalue weighted by atomic mass is 32.2. The Bertz CT molecular complexity index is 1300. The molecule has 0 saturated heterocycles. The van der Waals surface area contributed by atoms with E-state index in [-0.39, 0.29) is 22.6 Å². The summed E-state index contributed by atoms with van der Waals surface area (Å²) in [7, 11) is -4.40. The maximum absolute atomic E-state index is 15.6. The van der Waals surface area contributed by atoms with Crippen LogP contribution in [0.4, 0.5) is 13.6 Å². The first-order valence-electron chi connectivity index (χ1n) is 9.97. The van der Waals surface area contributed by atoms with E-state index >= 15 is 4.39 Å². The Morgan fingerprint density at radius 1 is 1.21 bits per heavy atom. The van der Waals surface area contributed by atoms with E-state index in [4.69, 9.17) is 0 Å². The molecule has 8 nitrogen and oxygen atoms in total. The van der Waals surface area contributed by atoms with Gasteiger partial charge in [-0.2, -0.15) is 4.39 Å². The Balaban J connectivity index is 2.24. The molecule has 33 heavy (non-hydrogen) atoms. The summed E-state index contributed by atoms with van der Waals surface area (Å²) in [5.74, 6) is -2.11. The van der Waals surface area contributed by atoms with Gasteiger partial charge in [-0.3, -0.25) is 4.98 Å². The quantitative estimate of drug-likeness (QED) is 0.530. The van der Waals surface area contributed by atoms with Crippen LogP contribution < -0.4 is 0 Å². The van der Waals surface area contributed by atoms with Crippen LogP contribution >= 0.6 is 0 Å². The third kappa shape index (κ3) is 5.03. The number of pyridine rings is 2. The summed E-state index contributed by atoms with van der Waals surface area (Å²) in [4.78, 5) is 19.9. The van der Waals surface area contributed by atoms with Crippen molar-refractivity contribution in [1.29, 1.82) is 0 Å². The normalized spacial score (nSPS) is 12.1. The Morgan fingerprint density at radius 2 is 1.91 bits per heavy atom. The lowest BCUT2D eigenvalue weighted by atomic mass is 9.96. The molecule has 176 valence electrons. The van der Waals surface area contributed by atoms with Gasteiger partial charge in [0, 0.05) is 36.9 Å². The average molecular weight is 479 g/mol. The van der Waals surface area contributed by atoms with E-state index in [0.717, 1.165) is 23.5 Å². The van der Waals surface area contributed by atoms with Crippen molar-refractivity contribution in [3.8, 4) is 11.3 Å². The van der Waals surface area contributed by atoms with Gasteiger partial charge in [0.15, 0.2) is 5.82 Å². The molecule has 0 unspecified atom stereocenters. The number of aryl methyl sites for hydroxylation is 1. The number of aromatic nitrogens is 3. The van der Waals surface area contributed by atoms with Crippen molar-refractivity contribution in [2.24, 2.45) is 5.41 Å². The number of rotatable bonds is 6. The first-order chi connectivity index (χ1) is 15.3. The summed E-state index contributed by atoms with van der Waals surface area (Å²) in [5, 5.41) is 9.60. The molecule has 0 aromatic carbocycles. The molecule has 3 aromatic rings. The fourth-order valence-electron chi connectivity index (χ4n) is 3.41. The fraction of sp³-hybridized carbons (Fsp3) is 0.318. The molecule has 1 amide bonds. The van der Waals surface area contributed by atoms with Gasteiger partial charge in [-0.15, -0.1) is 0 Å². The van der Waals surface area contributed by atoms with Crippen molar-refractivity contribution in [3.63, 3.8) is 0 Å². The van der Waals surface area contributed by atoms with Crippen molar-refractivity contribution in [2.45, 2.75) is 39.1 Å². The predicted octanol–water partition coefficient (Wildman–Crippen LogP) is 4.29. The minimum Gasteiger partial charge on any atom is -0.465 e. The number of halogens is 2. The molecule has 0 aliphatic carbocycles. The van der Waals surface area contributed by atoms with Gasteiger partial charge in [-0.1, -0.05) is 20.8 Å². The topological polar surface area (TPSA) is 105 Å². The average Bonchev–Trinajstić information content (AvgIpc) is 3.04. The highest BCUT2D eigenvalue weighted by Crippen LogP contribution is 2.33. The van der Waals surface area contributed by atoms with Gasteiger partial charge in [0.2, 0.25) is 5.95 Å². The maximum Gasteiger partial charge on any atom is 0.407 e. The molecule has 0 spiro atoms. The van der Waals surface area contributed by atoms with Crippen LogP contribution in [0.5, 0.6) is 0 Å². The molecule has 0 radical (unpaired) electrons. The monoisotopic (exact) mass is 478 g/mol. The summed E-state index contributed by atoms with van der Waals surface area (Å²) in [5.41, 5.74) is -1.23. The fourth-order valence-corrected chi connectivity index (χ4v) is 4.97. The lowest BCUT2D eigenvalue weighted by molar-refractivity contribution is 0.122. The van der Waals surface area contributed by atoms with Crippen LogP contribution in [0.25, 0.3) is 11.3 Å². The first-order valence-corrected chi connectivity index (χ1v) is 11.4. The SMILES string of the molecule is Cc1ccncc1S(=O)(=O)n1cc(CN(CC(C)(C)C)C(=O)O)c(F)c1-c1cccnc1F. The Kier molecular flexibility index (Phi) is 6.55. The van der Waals surface area contributed by atoms with Crippen LogP contribution in [0.2, 0.25) is 0 Å². The molecule has 0 bridgehead atoms. The van der Waals surface area contributed by atoms with Gasteiger partial charge in [-0.05, 0) is 36.1 Å². The molecule has 0 aliphatic heterocycles. The maximum atomic E-state index is 15.6. The number of carboxylic acid groups (broad SMARTS) is 1. The third-order valence-electron chi connectivity index (χ3n) is 4.82. The van der Waals surface area contributed by atoms with Crippen LogP contribution in [0.3, 0.4) is 0 Å². The van der Waals surface area contributed by atoms with E-state index in [1.807, 2.05) is 20.8 Å². The second kappa shape index (κ2) is 8.89. The minimum absolute atomic E-state index is 0.0675. The molecular weight excluding hydrogens is 454 g/mol. The molecule has 3 heterocycles. The first kappa shape index (κ1) is 24.3. The molecule has 0 atom stereocenters. The van der Waals surface area contributed by atoms with Crippen molar-refractivity contribution in [1.82, 2.24) is 18.8 Å². The molecule has 11 heteroatoms. The zero-order valence-electron chi connectivity index (χ0n) is 18.6. The van der Waals surface area contributed by atoms with E-state index in [1.54, 1.807) is 6.92 Å². The summed E-state index contributed by atoms with van der Waals surface area (Å²) >= 11 is 0. The van der Waals surface area contributed by atoms with Gasteiger partial charge in [0.25, 0.3) is 10.0 Å². The molecular formula is C22H24F2N4O4S. The van der Waals surface area contributed by atoms with E-state index in [9.17, 15) is 22.7 Å². The minimum atomic E-state index is -4.40. The Labute approximate surface area is 190 Å². The zero-order chi connectivity index (χ0) is 24.6. The molecule has 3 aromatic heterocycles. The lowest BCUT2D eigenvalue weighted by Crippen LogP contribution is -2.36. The standard InChI is InChI=1S/C22H24F2N4O4S/c1-14-7-9-25-10-17(14)33(31,32)28-12-15(11-27(21(29)30)13-22(2,3)4)18(23)19(28)16-6-5-8-26-20(16)24/h5-10,12H,11,13H2,1-4H3,(H,29,30). The van der Waals surface area contributed by atoms with Crippen LogP contribution in [0, 0.1) is 24.1 Å². The van der Waals surface area contributed by atoms with Crippen molar-refractivity contribution in [2.75, 3.05) is 6.54 Å². The Hall–Kier alpha value is -3.34. The number of carbonyl (C=O) groups is 1. The lowest BCUT2D eigenvalue weighted by Gasteiger charge is -2.27. The highest BCUT2D eigenvalue weighted by Gasteiger charge is 2.31. The Morgan fingerprint density at radius 3 is 2.48 bits per heavy atom. The molecule has 3 rings (SSSR count). The third-order valence-corrected chi connectivity index (χ3v) is 6.61. The van der Waals surface area contributed by atoms with Crippen LogP contribution in [-0.4, -0.2) is 45.0 Å². The van der Waals surface area contributed by atoms with Crippen LogP contribution in [0.1, 0.15) is 31.9 Å². The van der Waals surface area contributed by atoms with Crippen molar-refractivity contribution >= 4 is 16.1 Å². The number of hydrogen-bond acceptors (Lipinski definition) is 5. The second-order valence-corrected chi connectivity index (χ2v) is 10.6. The van der Waals surface area contributed by atoms with Gasteiger partial charge < -0.3 is 10.0 Å². The zero-order valence-corrected chi connectivity index (χ0v) is 19.4. The smallest absolute Gasteiger partial charge is 0.407 e. The number of amides is 1. The molecule has 0 aliphatic rings. The molecule has 1 N–H and O–H groups in total. The highest BCUT2D eigenvalue weighted by molar-refractivity contribution is 7.90. The summed E-state index contributed by atoms with van der Waals surface area (Å²) in [6.45, 7) is 6.64. The molecule has 0 saturated carbocycles. The van der Waals surface area contributed by atoms with Gasteiger partial charge >= 0.3 is 6.09 Å². The van der Waals surface area contributed by atoms with E-state index in [2.05, 4.69) is 9.97 Å². The summed E-state index contributed by atoms with van der Waals surface area (Å²) in [6.07, 6.45) is 3.37. The van der Waals surface area contributed by atoms with E-state index < -0.39 is 45.5 Å². The van der Waals surface area contributed by atoms with Crippen molar-refractivity contribution in [3.05, 3.63) is 65.9 Å². The predicted molar refractivity (Wildman–Crippen MR) is 117 cm³/mol. The van der Waals surface area contributed by atoms with Crippen LogP contribution in [0.15, 0.2) is 47.9 Å². The number of hydrogen-bond donors (Lipinski definition) is 1.